The molecule has 25 heteroatoms. The molecule has 25 nitrogen and oxygen atoms in total. The molecule has 0 aromatic heterocycles. The fourth-order valence-corrected chi connectivity index (χ4v) is 12.5. The Morgan fingerprint density at radius 3 is 1.45 bits per heavy atom. The number of hydrogen-bond acceptors (Lipinski definition) is 14. The molecule has 2 heterocycles. The molecular formula is C68H122N12O13. The van der Waals surface area contributed by atoms with E-state index in [1.165, 1.54) is 99.5 Å². The molecule has 2 saturated heterocycles. The SMILES string of the molecule is C/C=C/C[C@@H](C)[C@@H](O)[C@H]1C(=O)N[C@@H](CC)C(=O)N(C)[C@H](C)C(=O)N(C)[C@@H]([C@H](C)CN2C[C@H](C)OC[C@@H]2C)C(=O)N[C@@H](C(C)C)C(=O)N(C)[C@@H](CC(C)C)C(=O)N[C@@H](C)C(=O)N[C@H](C)C(=O)N(C)[C@@H](CC(C)C)C(=O)N(C)[C@@H](CC(C)C)C(=O)N(C)[C@@H](C(C)C)C(=O)N1C. The topological polar surface area (TPSA) is 291 Å². The lowest BCUT2D eigenvalue weighted by atomic mass is 9.91. The highest BCUT2D eigenvalue weighted by atomic mass is 16.5. The highest BCUT2D eigenvalue weighted by molar-refractivity contribution is 6.00. The summed E-state index contributed by atoms with van der Waals surface area (Å²) in [7, 11) is 10.0. The van der Waals surface area contributed by atoms with Gasteiger partial charge < -0.3 is 65.4 Å². The van der Waals surface area contributed by atoms with Gasteiger partial charge in [0.25, 0.3) is 0 Å². The van der Waals surface area contributed by atoms with Crippen LogP contribution in [0.1, 0.15) is 164 Å². The van der Waals surface area contributed by atoms with Crippen LogP contribution in [0.2, 0.25) is 0 Å². The zero-order chi connectivity index (χ0) is 71.7. The Hall–Kier alpha value is -6.21. The van der Waals surface area contributed by atoms with Crippen LogP contribution in [0.25, 0.3) is 0 Å². The van der Waals surface area contributed by atoms with Crippen molar-refractivity contribution in [3.8, 4) is 0 Å². The molecule has 532 valence electrons. The van der Waals surface area contributed by atoms with Crippen LogP contribution in [0.5, 0.6) is 0 Å². The van der Waals surface area contributed by atoms with Crippen molar-refractivity contribution in [3.05, 3.63) is 12.2 Å². The van der Waals surface area contributed by atoms with Crippen molar-refractivity contribution in [2.24, 2.45) is 41.4 Å². The van der Waals surface area contributed by atoms with Crippen LogP contribution in [0.4, 0.5) is 0 Å². The molecule has 11 amide bonds. The summed E-state index contributed by atoms with van der Waals surface area (Å²) in [5.41, 5.74) is 0. The van der Waals surface area contributed by atoms with Gasteiger partial charge in [0.05, 0.1) is 18.8 Å². The number of nitrogens with zero attached hydrogens (tertiary/aromatic N) is 8. The minimum atomic E-state index is -1.63. The molecule has 0 spiro atoms. The van der Waals surface area contributed by atoms with Gasteiger partial charge >= 0.3 is 0 Å². The maximum Gasteiger partial charge on any atom is 0.246 e. The second kappa shape index (κ2) is 37.2. The summed E-state index contributed by atoms with van der Waals surface area (Å²) in [6.45, 7) is 34.8. The molecule has 0 aliphatic carbocycles. The molecular weight excluding hydrogens is 1190 g/mol. The number of aliphatic hydroxyl groups is 1. The number of rotatable bonds is 16. The molecule has 2 fully saturated rings. The Labute approximate surface area is 556 Å². The summed E-state index contributed by atoms with van der Waals surface area (Å²) in [6.07, 6.45) is 2.69. The van der Waals surface area contributed by atoms with Crippen LogP contribution >= 0.6 is 0 Å². The molecule has 2 aliphatic heterocycles. The van der Waals surface area contributed by atoms with Crippen molar-refractivity contribution in [1.29, 1.82) is 0 Å². The molecule has 0 radical (unpaired) electrons. The summed E-state index contributed by atoms with van der Waals surface area (Å²) >= 11 is 0. The van der Waals surface area contributed by atoms with Gasteiger partial charge in [0, 0.05) is 68.5 Å². The Morgan fingerprint density at radius 2 is 0.957 bits per heavy atom. The number of amides is 11. The second-order valence-electron chi connectivity index (χ2n) is 28.7. The summed E-state index contributed by atoms with van der Waals surface area (Å²) in [6, 6.07) is -14.0. The lowest BCUT2D eigenvalue weighted by Gasteiger charge is -2.42. The van der Waals surface area contributed by atoms with Crippen molar-refractivity contribution in [2.45, 2.75) is 248 Å². The Balaban J connectivity index is 3.07. The number of nitrogens with one attached hydrogen (secondary N) is 4. The fourth-order valence-electron chi connectivity index (χ4n) is 12.5. The monoisotopic (exact) mass is 1310 g/mol. The third-order valence-electron chi connectivity index (χ3n) is 18.6. The zero-order valence-electron chi connectivity index (χ0n) is 61.4. The van der Waals surface area contributed by atoms with Crippen LogP contribution in [0.15, 0.2) is 12.2 Å². The number of allylic oxidation sites excluding steroid dienone is 2. The first-order valence-electron chi connectivity index (χ1n) is 33.8. The van der Waals surface area contributed by atoms with Crippen molar-refractivity contribution in [3.63, 3.8) is 0 Å². The standard InChI is InChI=1S/C68H122N12O13/c1-27-29-30-42(13)57(81)56-61(85)71-49(28-2)64(88)73(20)48(19)63(87)78(25)55(43(14)34-80-35-45(16)93-36-44(80)15)60(84)72-53(40(9)10)67(91)74(21)50(31-37(3)4)59(83)69-46(17)58(82)70-47(18)62(86)75(22)51(32-38(5)6)65(89)76(23)52(33-39(7)8)66(90)77(24)54(41(11)12)68(92)79(56)26/h27,29,37-57,81H,28,30-36H2,1-26H3,(H,69,83)(H,70,82)(H,71,85)(H,72,84)/b29-27+/t42-,43-,44+,45+,46+,47-,48-,49+,50+,51+,52+,53+,54+,55+,56+,57-/m1/s1. The zero-order valence-corrected chi connectivity index (χ0v) is 61.4. The molecule has 0 saturated carbocycles. The number of likely N-dealkylation sites (N-methyl/N-ethyl adjacent to an activating group) is 7. The van der Waals surface area contributed by atoms with Gasteiger partial charge in [-0.1, -0.05) is 102 Å². The first-order chi connectivity index (χ1) is 43.0. The van der Waals surface area contributed by atoms with E-state index in [0.717, 1.165) is 4.90 Å². The quantitative estimate of drug-likeness (QED) is 0.139. The predicted molar refractivity (Wildman–Crippen MR) is 359 cm³/mol. The molecule has 0 aromatic rings. The molecule has 16 atom stereocenters. The minimum absolute atomic E-state index is 0.00160. The van der Waals surface area contributed by atoms with Gasteiger partial charge in [-0.05, 0) is 115 Å². The molecule has 0 bridgehead atoms. The van der Waals surface area contributed by atoms with E-state index in [9.17, 15) is 29.1 Å². The van der Waals surface area contributed by atoms with Crippen molar-refractivity contribution < 1.29 is 62.6 Å². The normalized spacial score (nSPS) is 29.5. The van der Waals surface area contributed by atoms with Crippen LogP contribution in [-0.4, -0.2) is 263 Å². The van der Waals surface area contributed by atoms with E-state index in [1.54, 1.807) is 54.5 Å². The van der Waals surface area contributed by atoms with E-state index < -0.39 is 161 Å². The van der Waals surface area contributed by atoms with Gasteiger partial charge in [0.2, 0.25) is 65.0 Å². The third kappa shape index (κ3) is 22.2. The van der Waals surface area contributed by atoms with E-state index in [2.05, 4.69) is 26.2 Å². The average molecular weight is 1320 g/mol. The lowest BCUT2D eigenvalue weighted by Crippen LogP contribution is -2.64. The molecule has 5 N–H and O–H groups in total. The first kappa shape index (κ1) is 82.9. The summed E-state index contributed by atoms with van der Waals surface area (Å²) in [5, 5.41) is 23.4. The number of carbonyl (C=O) groups is 11. The van der Waals surface area contributed by atoms with Gasteiger partial charge in [-0.15, -0.1) is 0 Å². The summed E-state index contributed by atoms with van der Waals surface area (Å²) in [4.78, 5) is 174. The number of ether oxygens (including phenoxy) is 1. The fraction of sp³-hybridized carbons (Fsp3) is 0.809. The molecule has 0 aromatic carbocycles. The third-order valence-corrected chi connectivity index (χ3v) is 18.6. The highest BCUT2D eigenvalue weighted by Crippen LogP contribution is 2.27. The molecule has 0 unspecified atom stereocenters. The van der Waals surface area contributed by atoms with E-state index in [1.807, 2.05) is 68.4 Å². The Morgan fingerprint density at radius 1 is 0.495 bits per heavy atom. The van der Waals surface area contributed by atoms with Crippen molar-refractivity contribution in [1.82, 2.24) is 60.5 Å². The van der Waals surface area contributed by atoms with Crippen LogP contribution in [0, 0.1) is 41.4 Å². The van der Waals surface area contributed by atoms with E-state index in [-0.39, 0.29) is 55.6 Å². The molecule has 2 aliphatic rings. The van der Waals surface area contributed by atoms with E-state index in [4.69, 9.17) is 4.74 Å². The first-order valence-corrected chi connectivity index (χ1v) is 33.8. The lowest BCUT2D eigenvalue weighted by molar-refractivity contribution is -0.157. The van der Waals surface area contributed by atoms with E-state index >= 15 is 28.8 Å². The number of morpholine rings is 1. The van der Waals surface area contributed by atoms with Crippen LogP contribution in [-0.2, 0) is 57.5 Å². The van der Waals surface area contributed by atoms with Crippen LogP contribution < -0.4 is 21.3 Å². The van der Waals surface area contributed by atoms with E-state index in [0.29, 0.717) is 26.1 Å². The second-order valence-corrected chi connectivity index (χ2v) is 28.7. The maximum absolute atomic E-state index is 15.3. The average Bonchev–Trinajstić information content (AvgIpc) is 0.860. The summed E-state index contributed by atoms with van der Waals surface area (Å²) in [5.74, 6) is -10.4. The minimum Gasteiger partial charge on any atom is -0.390 e. The summed E-state index contributed by atoms with van der Waals surface area (Å²) < 4.78 is 5.92. The molecule has 93 heavy (non-hydrogen) atoms. The number of carbonyl (C=O) groups excluding carboxylic acids is 11. The van der Waals surface area contributed by atoms with Crippen molar-refractivity contribution >= 4 is 65.0 Å². The van der Waals surface area contributed by atoms with Gasteiger partial charge in [-0.2, -0.15) is 0 Å². The number of hydrogen-bond donors (Lipinski definition) is 5. The predicted octanol–water partition coefficient (Wildman–Crippen LogP) is 3.36. The van der Waals surface area contributed by atoms with Gasteiger partial charge in [-0.25, -0.2) is 0 Å². The van der Waals surface area contributed by atoms with Gasteiger partial charge in [-0.3, -0.25) is 57.6 Å². The smallest absolute Gasteiger partial charge is 0.246 e. The van der Waals surface area contributed by atoms with Gasteiger partial charge in [0.15, 0.2) is 0 Å². The number of aliphatic hydroxyl groups excluding tert-OH is 1. The Bertz CT molecular complexity index is 2580. The maximum atomic E-state index is 15.3. The van der Waals surface area contributed by atoms with Gasteiger partial charge in [0.1, 0.15) is 66.5 Å². The van der Waals surface area contributed by atoms with Crippen LogP contribution in [0.3, 0.4) is 0 Å². The van der Waals surface area contributed by atoms with Crippen molar-refractivity contribution in [2.75, 3.05) is 69.0 Å². The highest BCUT2D eigenvalue weighted by Gasteiger charge is 2.47. The largest absolute Gasteiger partial charge is 0.390 e. The Kier molecular flexibility index (Phi) is 33.1. The molecule has 2 rings (SSSR count).